The molecule has 0 aliphatic heterocycles. The third-order valence-corrected chi connectivity index (χ3v) is 3.84. The third kappa shape index (κ3) is 3.19. The highest BCUT2D eigenvalue weighted by molar-refractivity contribution is 14.1. The topological polar surface area (TPSA) is 0 Å². The van der Waals surface area contributed by atoms with Crippen molar-refractivity contribution in [2.24, 2.45) is 0 Å². The molecular weight excluding hydrogens is 418 g/mol. The van der Waals surface area contributed by atoms with Crippen molar-refractivity contribution in [1.82, 2.24) is 0 Å². The van der Waals surface area contributed by atoms with Gasteiger partial charge in [0.25, 0.3) is 0 Å². The minimum Gasteiger partial charge on any atom is -0.194 e. The first-order chi connectivity index (χ1) is 8.64. The maximum Gasteiger partial charge on any atom is 0.460 e. The Balaban J connectivity index is 5.88. The lowest BCUT2D eigenvalue weighted by Crippen LogP contribution is -2.61. The van der Waals surface area contributed by atoms with Crippen LogP contribution in [0.15, 0.2) is 9.15 Å². The number of halogens is 10. The molecule has 0 N–H and O–H groups in total. The Hall–Kier alpha value is -0.160. The van der Waals surface area contributed by atoms with Crippen molar-refractivity contribution in [2.45, 2.75) is 50.6 Å². The number of hydrogen-bond donors (Lipinski definition) is 0. The van der Waals surface area contributed by atoms with Crippen LogP contribution < -0.4 is 0 Å². The zero-order valence-corrected chi connectivity index (χ0v) is 12.4. The van der Waals surface area contributed by atoms with E-state index in [-0.39, 0.29) is 16.4 Å². The number of hydrogen-bond acceptors (Lipinski definition) is 0. The predicted molar refractivity (Wildman–Crippen MR) is 62.5 cm³/mol. The van der Waals surface area contributed by atoms with E-state index >= 15 is 0 Å². The highest BCUT2D eigenvalue weighted by atomic mass is 127. The summed E-state index contributed by atoms with van der Waals surface area (Å²) >= 11 is 1.22. The van der Waals surface area contributed by atoms with Crippen molar-refractivity contribution >= 4 is 22.6 Å². The highest BCUT2D eigenvalue weighted by Crippen LogP contribution is 2.55. The molecule has 0 aromatic heterocycles. The van der Waals surface area contributed by atoms with Crippen molar-refractivity contribution in [3.05, 3.63) is 9.15 Å². The summed E-state index contributed by atoms with van der Waals surface area (Å²) < 4.78 is 113. The minimum absolute atomic E-state index is 0.129. The fourth-order valence-corrected chi connectivity index (χ4v) is 2.07. The fraction of sp³-hybridized carbons (Fsp3) is 0.800. The number of alkyl halides is 9. The molecule has 0 saturated carbocycles. The van der Waals surface area contributed by atoms with Gasteiger partial charge in [-0.3, -0.25) is 0 Å². The summed E-state index contributed by atoms with van der Waals surface area (Å²) in [5.41, 5.74) is -1.49. The molecule has 0 rings (SSSR count). The van der Waals surface area contributed by atoms with Crippen LogP contribution >= 0.6 is 22.6 Å². The summed E-state index contributed by atoms with van der Waals surface area (Å²) in [6.45, 7) is 1.92. The van der Waals surface area contributed by atoms with Crippen LogP contribution in [0.3, 0.4) is 0 Å². The quantitative estimate of drug-likeness (QED) is 0.375. The average molecular weight is 428 g/mol. The van der Waals surface area contributed by atoms with Gasteiger partial charge in [0, 0.05) is 5.57 Å². The molecule has 0 aromatic carbocycles. The monoisotopic (exact) mass is 428 g/mol. The van der Waals surface area contributed by atoms with Crippen molar-refractivity contribution in [1.29, 1.82) is 0 Å². The molecule has 0 aromatic rings. The van der Waals surface area contributed by atoms with Crippen molar-refractivity contribution in [3.63, 3.8) is 0 Å². The Morgan fingerprint density at radius 2 is 1.25 bits per heavy atom. The van der Waals surface area contributed by atoms with Crippen LogP contribution in [-0.4, -0.2) is 23.9 Å². The second kappa shape index (κ2) is 5.91. The lowest BCUT2D eigenvalue weighted by molar-refractivity contribution is -0.389. The lowest BCUT2D eigenvalue weighted by Gasteiger charge is -2.34. The Morgan fingerprint density at radius 1 is 0.850 bits per heavy atom. The molecule has 0 aliphatic carbocycles. The molecule has 0 atom stereocenters. The molecule has 0 aliphatic rings. The SMILES string of the molecule is CCC/C(I)=C(/C)C(F)(F)C(F)(F)C(F)(F)C(F)(F)F. The third-order valence-electron chi connectivity index (χ3n) is 2.49. The molecule has 0 radical (unpaired) electrons. The first-order valence-corrected chi connectivity index (χ1v) is 6.28. The first kappa shape index (κ1) is 19.8. The van der Waals surface area contributed by atoms with Gasteiger partial charge < -0.3 is 0 Å². The molecule has 0 fully saturated rings. The van der Waals surface area contributed by atoms with Crippen LogP contribution in [0.2, 0.25) is 0 Å². The molecule has 0 nitrogen and oxygen atoms in total. The molecule has 120 valence electrons. The maximum atomic E-state index is 13.4. The van der Waals surface area contributed by atoms with E-state index in [9.17, 15) is 39.5 Å². The van der Waals surface area contributed by atoms with Gasteiger partial charge in [-0.15, -0.1) is 0 Å². The minimum atomic E-state index is -6.84. The second-order valence-electron chi connectivity index (χ2n) is 4.00. The summed E-state index contributed by atoms with van der Waals surface area (Å²) in [6.07, 6.45) is -6.67. The average Bonchev–Trinajstić information content (AvgIpc) is 2.26. The Morgan fingerprint density at radius 3 is 1.55 bits per heavy atom. The number of rotatable bonds is 5. The molecule has 0 amide bonds. The van der Waals surface area contributed by atoms with Crippen LogP contribution in [0.5, 0.6) is 0 Å². The first-order valence-electron chi connectivity index (χ1n) is 5.20. The van der Waals surface area contributed by atoms with E-state index in [1.807, 2.05) is 0 Å². The number of allylic oxidation sites excluding steroid dienone is 2. The van der Waals surface area contributed by atoms with Crippen molar-refractivity contribution in [3.8, 4) is 0 Å². The van der Waals surface area contributed by atoms with Gasteiger partial charge in [0.15, 0.2) is 0 Å². The molecular formula is C10H10F9I. The smallest absolute Gasteiger partial charge is 0.194 e. The van der Waals surface area contributed by atoms with Gasteiger partial charge in [-0.2, -0.15) is 39.5 Å². The van der Waals surface area contributed by atoms with Gasteiger partial charge in [0.1, 0.15) is 0 Å². The van der Waals surface area contributed by atoms with Gasteiger partial charge in [-0.05, 0) is 39.5 Å². The fourth-order valence-electron chi connectivity index (χ4n) is 1.19. The Kier molecular flexibility index (Phi) is 5.87. The molecule has 0 bridgehead atoms. The normalized spacial score (nSPS) is 16.2. The van der Waals surface area contributed by atoms with Crippen molar-refractivity contribution in [2.75, 3.05) is 0 Å². The van der Waals surface area contributed by atoms with E-state index in [0.717, 1.165) is 0 Å². The summed E-state index contributed by atoms with van der Waals surface area (Å²) in [5, 5.41) is 0. The van der Waals surface area contributed by atoms with Gasteiger partial charge in [-0.25, -0.2) is 0 Å². The summed E-state index contributed by atoms with van der Waals surface area (Å²) in [5.74, 6) is -19.0. The molecule has 0 unspecified atom stereocenters. The van der Waals surface area contributed by atoms with Gasteiger partial charge in [-0.1, -0.05) is 13.3 Å². The van der Waals surface area contributed by atoms with Gasteiger partial charge in [0.2, 0.25) is 0 Å². The largest absolute Gasteiger partial charge is 0.460 e. The standard InChI is InChI=1S/C10H10F9I/c1-3-4-6(20)5(2)7(11,12)8(13,14)9(15,16)10(17,18)19/h3-4H2,1-2H3/b6-5+. The summed E-state index contributed by atoms with van der Waals surface area (Å²) in [6, 6.07) is 0. The van der Waals surface area contributed by atoms with Gasteiger partial charge >= 0.3 is 23.9 Å². The van der Waals surface area contributed by atoms with E-state index < -0.39 is 29.5 Å². The van der Waals surface area contributed by atoms with E-state index in [1.54, 1.807) is 0 Å². The molecule has 0 heterocycles. The molecule has 0 spiro atoms. The second-order valence-corrected chi connectivity index (χ2v) is 5.30. The van der Waals surface area contributed by atoms with Crippen LogP contribution in [0, 0.1) is 0 Å². The van der Waals surface area contributed by atoms with Crippen molar-refractivity contribution < 1.29 is 39.5 Å². The van der Waals surface area contributed by atoms with Crippen LogP contribution in [0.4, 0.5) is 39.5 Å². The Bertz CT molecular complexity index is 381. The predicted octanol–water partition coefficient (Wildman–Crippen LogP) is 5.96. The maximum absolute atomic E-state index is 13.4. The zero-order chi connectivity index (χ0) is 16.6. The molecule has 20 heavy (non-hydrogen) atoms. The summed E-state index contributed by atoms with van der Waals surface area (Å²) in [7, 11) is 0. The van der Waals surface area contributed by atoms with Crippen LogP contribution in [0.25, 0.3) is 0 Å². The van der Waals surface area contributed by atoms with E-state index in [4.69, 9.17) is 0 Å². The van der Waals surface area contributed by atoms with E-state index in [0.29, 0.717) is 6.92 Å². The zero-order valence-electron chi connectivity index (χ0n) is 10.2. The summed E-state index contributed by atoms with van der Waals surface area (Å²) in [4.78, 5) is 0. The van der Waals surface area contributed by atoms with E-state index in [1.165, 1.54) is 29.5 Å². The molecule has 0 saturated heterocycles. The van der Waals surface area contributed by atoms with E-state index in [2.05, 4.69) is 0 Å². The Labute approximate surface area is 122 Å². The van der Waals surface area contributed by atoms with Crippen LogP contribution in [-0.2, 0) is 0 Å². The molecule has 10 heteroatoms. The highest BCUT2D eigenvalue weighted by Gasteiger charge is 2.82. The van der Waals surface area contributed by atoms with Crippen LogP contribution in [0.1, 0.15) is 26.7 Å². The lowest BCUT2D eigenvalue weighted by atomic mass is 9.97. The van der Waals surface area contributed by atoms with Gasteiger partial charge in [0.05, 0.1) is 0 Å².